The second kappa shape index (κ2) is 17.4. The molecule has 2 heteroatoms. The first-order valence-electron chi connectivity index (χ1n) is 23.7. The van der Waals surface area contributed by atoms with Crippen LogP contribution in [-0.4, -0.2) is 12.1 Å². The van der Waals surface area contributed by atoms with E-state index < -0.39 is 0 Å². The highest BCUT2D eigenvalue weighted by atomic mass is 15.2. The maximum atomic E-state index is 2.64. The third-order valence-electron chi connectivity index (χ3n) is 14.4. The lowest BCUT2D eigenvalue weighted by Crippen LogP contribution is -2.40. The lowest BCUT2D eigenvalue weighted by Gasteiger charge is -2.45. The minimum absolute atomic E-state index is 0.160. The summed E-state index contributed by atoms with van der Waals surface area (Å²) in [6.45, 7) is 0. The van der Waals surface area contributed by atoms with Crippen LogP contribution >= 0.6 is 0 Å². The minimum Gasteiger partial charge on any atom is -0.337 e. The summed E-state index contributed by atoms with van der Waals surface area (Å²) in [7, 11) is 0. The van der Waals surface area contributed by atoms with Crippen LogP contribution < -0.4 is 9.80 Å². The highest BCUT2D eigenvalue weighted by Gasteiger charge is 2.41. The summed E-state index contributed by atoms with van der Waals surface area (Å²) < 4.78 is 0. The van der Waals surface area contributed by atoms with Crippen LogP contribution in [0.5, 0.6) is 0 Å². The Kier molecular flexibility index (Phi) is 10.5. The van der Waals surface area contributed by atoms with Crippen LogP contribution in [0.1, 0.15) is 64.5 Å². The van der Waals surface area contributed by atoms with Crippen molar-refractivity contribution in [3.05, 3.63) is 287 Å². The van der Waals surface area contributed by atoms with Crippen LogP contribution in [0.4, 0.5) is 11.4 Å². The Morgan fingerprint density at radius 2 is 1.03 bits per heavy atom. The van der Waals surface area contributed by atoms with Gasteiger partial charge in [0, 0.05) is 46.1 Å². The highest BCUT2D eigenvalue weighted by molar-refractivity contribution is 5.85. The third-order valence-corrected chi connectivity index (χ3v) is 14.4. The van der Waals surface area contributed by atoms with Gasteiger partial charge in [0.1, 0.15) is 0 Å². The Bertz CT molecular complexity index is 3100. The Morgan fingerprint density at radius 3 is 1.64 bits per heavy atom. The van der Waals surface area contributed by atoms with E-state index >= 15 is 0 Å². The predicted molar refractivity (Wildman–Crippen MR) is 279 cm³/mol. The maximum absolute atomic E-state index is 2.64. The van der Waals surface area contributed by atoms with E-state index in [9.17, 15) is 0 Å². The van der Waals surface area contributed by atoms with E-state index in [1.54, 1.807) is 0 Å². The van der Waals surface area contributed by atoms with Crippen molar-refractivity contribution in [1.29, 1.82) is 0 Å². The van der Waals surface area contributed by atoms with Gasteiger partial charge in [-0.25, -0.2) is 0 Å². The van der Waals surface area contributed by atoms with Crippen LogP contribution in [0.15, 0.2) is 254 Å². The second-order valence-corrected chi connectivity index (χ2v) is 18.2. The summed E-state index contributed by atoms with van der Waals surface area (Å²) in [5.74, 6) is 0.733. The standard InChI is InChI=1S/C64H52N2/c1-5-13-45(14-6-1)49-21-33-55(34-22-49)65(56-35-23-50(24-36-56)46-15-7-2-8-16-46)61-43-31-53-30-42-60-62(44-32-54-29-41-59(61)63(53)64(54)60)66(57-37-25-51(26-38-57)47-17-9-3-10-18-47)58-39-27-52(28-40-58)48-19-11-4-12-20-48/h1-27,29-35,37,39-44,52,56-57,59,63H,28,36,38H2. The van der Waals surface area contributed by atoms with E-state index in [1.807, 2.05) is 0 Å². The summed E-state index contributed by atoms with van der Waals surface area (Å²) >= 11 is 0. The Morgan fingerprint density at radius 1 is 0.424 bits per heavy atom. The largest absolute Gasteiger partial charge is 0.337 e. The zero-order chi connectivity index (χ0) is 43.8. The first-order valence-corrected chi connectivity index (χ1v) is 23.7. The molecule has 0 aliphatic heterocycles. The molecule has 0 N–H and O–H groups in total. The first-order chi connectivity index (χ1) is 32.7. The molecule has 0 amide bonds. The van der Waals surface area contributed by atoms with Crippen molar-refractivity contribution in [2.45, 2.75) is 43.2 Å². The molecule has 6 aliphatic rings. The molecule has 5 atom stereocenters. The summed E-state index contributed by atoms with van der Waals surface area (Å²) in [6.07, 6.45) is 39.0. The summed E-state index contributed by atoms with van der Waals surface area (Å²) in [5.41, 5.74) is 19.5. The Hall–Kier alpha value is -7.68. The maximum Gasteiger partial charge on any atom is 0.0560 e. The number of allylic oxidation sites excluding steroid dienone is 12. The van der Waals surface area contributed by atoms with Gasteiger partial charge in [0.2, 0.25) is 0 Å². The molecule has 0 bridgehead atoms. The Balaban J connectivity index is 0.920. The quantitative estimate of drug-likeness (QED) is 0.135. The number of hydrogen-bond acceptors (Lipinski definition) is 2. The van der Waals surface area contributed by atoms with E-state index in [4.69, 9.17) is 0 Å². The van der Waals surface area contributed by atoms with Crippen molar-refractivity contribution in [3.63, 3.8) is 0 Å². The van der Waals surface area contributed by atoms with Gasteiger partial charge in [0.15, 0.2) is 0 Å². The monoisotopic (exact) mass is 848 g/mol. The van der Waals surface area contributed by atoms with Gasteiger partial charge in [-0.3, -0.25) is 0 Å². The number of nitrogens with zero attached hydrogens (tertiary/aromatic N) is 2. The van der Waals surface area contributed by atoms with Gasteiger partial charge in [0.05, 0.1) is 12.1 Å². The van der Waals surface area contributed by atoms with Crippen LogP contribution in [0.3, 0.4) is 0 Å². The fourth-order valence-corrected chi connectivity index (χ4v) is 11.1. The number of benzene rings is 6. The molecule has 0 fully saturated rings. The van der Waals surface area contributed by atoms with Gasteiger partial charge in [-0.15, -0.1) is 0 Å². The van der Waals surface area contributed by atoms with E-state index in [2.05, 4.69) is 259 Å². The zero-order valence-electron chi connectivity index (χ0n) is 37.1. The fourth-order valence-electron chi connectivity index (χ4n) is 11.1. The van der Waals surface area contributed by atoms with Crippen molar-refractivity contribution in [3.8, 4) is 11.1 Å². The van der Waals surface area contributed by atoms with Gasteiger partial charge in [-0.1, -0.05) is 219 Å². The molecule has 6 aromatic carbocycles. The highest BCUT2D eigenvalue weighted by Crippen LogP contribution is 2.53. The zero-order valence-corrected chi connectivity index (χ0v) is 37.1. The number of hydrogen-bond donors (Lipinski definition) is 0. The normalized spacial score (nSPS) is 22.1. The van der Waals surface area contributed by atoms with Crippen molar-refractivity contribution < 1.29 is 0 Å². The van der Waals surface area contributed by atoms with E-state index in [-0.39, 0.29) is 23.9 Å². The van der Waals surface area contributed by atoms with Crippen molar-refractivity contribution in [1.82, 2.24) is 0 Å². The molecule has 0 saturated carbocycles. The van der Waals surface area contributed by atoms with E-state index in [1.165, 1.54) is 84.0 Å². The predicted octanol–water partition coefficient (Wildman–Crippen LogP) is 15.7. The van der Waals surface area contributed by atoms with E-state index in [0.717, 1.165) is 19.3 Å². The smallest absolute Gasteiger partial charge is 0.0560 e. The molecule has 0 radical (unpaired) electrons. The molecule has 12 rings (SSSR count). The topological polar surface area (TPSA) is 6.48 Å². The molecular formula is C64H52N2. The van der Waals surface area contributed by atoms with Crippen LogP contribution in [0.2, 0.25) is 0 Å². The van der Waals surface area contributed by atoms with Crippen molar-refractivity contribution in [2.75, 3.05) is 9.80 Å². The van der Waals surface area contributed by atoms with Gasteiger partial charge in [-0.05, 0) is 105 Å². The van der Waals surface area contributed by atoms with Crippen LogP contribution in [0.25, 0.3) is 34.4 Å². The van der Waals surface area contributed by atoms with Crippen LogP contribution in [-0.2, 0) is 0 Å². The summed E-state index contributed by atoms with van der Waals surface area (Å²) in [5, 5.41) is 0. The van der Waals surface area contributed by atoms with Gasteiger partial charge in [-0.2, -0.15) is 0 Å². The number of rotatable bonds is 10. The molecule has 0 spiro atoms. The minimum atomic E-state index is 0.160. The molecule has 0 heterocycles. The molecule has 5 unspecified atom stereocenters. The molecule has 0 aromatic heterocycles. The summed E-state index contributed by atoms with van der Waals surface area (Å²) in [4.78, 5) is 5.27. The number of anilines is 2. The van der Waals surface area contributed by atoms with Crippen LogP contribution in [0, 0.1) is 5.92 Å². The van der Waals surface area contributed by atoms with Gasteiger partial charge < -0.3 is 9.80 Å². The molecule has 318 valence electrons. The molecule has 6 aromatic rings. The molecule has 6 aliphatic carbocycles. The average molecular weight is 849 g/mol. The summed E-state index contributed by atoms with van der Waals surface area (Å²) in [6, 6.07) is 57.6. The van der Waals surface area contributed by atoms with Crippen molar-refractivity contribution in [2.24, 2.45) is 5.92 Å². The molecular weight excluding hydrogens is 797 g/mol. The Labute approximate surface area is 390 Å². The molecule has 0 saturated heterocycles. The van der Waals surface area contributed by atoms with Gasteiger partial charge in [0.25, 0.3) is 0 Å². The van der Waals surface area contributed by atoms with Gasteiger partial charge >= 0.3 is 0 Å². The lowest BCUT2D eigenvalue weighted by molar-refractivity contribution is 0.584. The average Bonchev–Trinajstić information content (AvgIpc) is 3.40. The molecule has 66 heavy (non-hydrogen) atoms. The first kappa shape index (κ1) is 39.9. The fraction of sp³-hybridized carbons (Fsp3) is 0.125. The lowest BCUT2D eigenvalue weighted by atomic mass is 9.67. The SMILES string of the molecule is C1=CC(N(C2=CC=C3C=Cc4c(N(C5=CCC(c6ccccc6)C=C5)C5C=CC(c6ccccc6)=CC5)ccc5c4C3C2C=C5)c2ccc(-c3ccccc3)cc2)CC=C1c1ccccc1. The third kappa shape index (κ3) is 7.43. The van der Waals surface area contributed by atoms with E-state index in [0.29, 0.717) is 5.92 Å². The molecule has 2 nitrogen and oxygen atoms in total. The van der Waals surface area contributed by atoms with Crippen molar-refractivity contribution >= 4 is 34.7 Å². The second-order valence-electron chi connectivity index (χ2n) is 18.2.